The van der Waals surface area contributed by atoms with Crippen LogP contribution in [0, 0.1) is 5.92 Å². The zero-order valence-electron chi connectivity index (χ0n) is 19.6. The fraction of sp³-hybridized carbons (Fsp3) is 0.200. The van der Waals surface area contributed by atoms with Crippen molar-refractivity contribution >= 4 is 34.6 Å². The first-order valence-corrected chi connectivity index (χ1v) is 11.7. The van der Waals surface area contributed by atoms with Crippen LogP contribution in [0.1, 0.15) is 25.0 Å². The van der Waals surface area contributed by atoms with Crippen LogP contribution >= 0.6 is 0 Å². The van der Waals surface area contributed by atoms with E-state index in [1.165, 1.54) is 5.56 Å². The second-order valence-corrected chi connectivity index (χ2v) is 9.77. The minimum absolute atomic E-state index is 0.00359. The number of ketones is 1. The molecule has 0 spiro atoms. The number of fused-ring (bicyclic) bond motifs is 2. The number of benzene rings is 3. The van der Waals surface area contributed by atoms with Crippen molar-refractivity contribution < 1.29 is 9.90 Å². The van der Waals surface area contributed by atoms with E-state index in [0.717, 1.165) is 33.9 Å². The molecule has 1 saturated carbocycles. The topological polar surface area (TPSA) is 43.5 Å². The third kappa shape index (κ3) is 2.82. The van der Waals surface area contributed by atoms with Gasteiger partial charge in [0.2, 0.25) is 11.4 Å². The highest BCUT2D eigenvalue weighted by Crippen LogP contribution is 2.49. The molecule has 0 radical (unpaired) electrons. The first kappa shape index (κ1) is 20.8. The normalized spacial score (nSPS) is 25.8. The summed E-state index contributed by atoms with van der Waals surface area (Å²) in [5, 5.41) is 11.2. The van der Waals surface area contributed by atoms with Gasteiger partial charge < -0.3 is 10.0 Å². The Morgan fingerprint density at radius 1 is 0.941 bits per heavy atom. The van der Waals surface area contributed by atoms with Crippen LogP contribution in [-0.2, 0) is 10.2 Å². The molecule has 3 aliphatic rings. The van der Waals surface area contributed by atoms with Gasteiger partial charge in [-0.1, -0.05) is 68.5 Å². The summed E-state index contributed by atoms with van der Waals surface area (Å²) in [6, 6.07) is 26.5. The van der Waals surface area contributed by atoms with Crippen LogP contribution in [-0.4, -0.2) is 30.3 Å². The van der Waals surface area contributed by atoms with Crippen LogP contribution < -0.4 is 9.48 Å². The number of carbonyl (C=O) groups is 1. The quantitative estimate of drug-likeness (QED) is 0.432. The molecule has 34 heavy (non-hydrogen) atoms. The first-order chi connectivity index (χ1) is 16.4. The largest absolute Gasteiger partial charge is 0.387 e. The first-order valence-electron chi connectivity index (χ1n) is 11.7. The van der Waals surface area contributed by atoms with E-state index in [4.69, 9.17) is 0 Å². The van der Waals surface area contributed by atoms with Gasteiger partial charge in [-0.25, -0.2) is 0 Å². The monoisotopic (exact) mass is 447 g/mol. The molecular weight excluding hydrogens is 420 g/mol. The van der Waals surface area contributed by atoms with Gasteiger partial charge in [-0.05, 0) is 17.7 Å². The van der Waals surface area contributed by atoms with E-state index in [0.29, 0.717) is 5.57 Å². The summed E-state index contributed by atoms with van der Waals surface area (Å²) in [7, 11) is 2.03. The number of para-hydroxylation sites is 3. The maximum Gasteiger partial charge on any atom is 0.219 e. The summed E-state index contributed by atoms with van der Waals surface area (Å²) in [5.74, 6) is -0.545. The number of aliphatic hydroxyl groups excluding tert-OH is 1. The molecule has 0 bridgehead atoms. The van der Waals surface area contributed by atoms with Crippen LogP contribution in [0.15, 0.2) is 96.2 Å². The summed E-state index contributed by atoms with van der Waals surface area (Å²) < 4.78 is 2.09. The Hall–Kier alpha value is -3.76. The average Bonchev–Trinajstić information content (AvgIpc) is 3.32. The standard InChI is InChI=1S/C30H27N2O2/c1-30(2)23-14-8-10-16-25(23)31(3)26(30)17-21-28(33)27(29(21)34)22-18-32(19-11-5-4-6-12-19)24-15-9-7-13-20(22)24/h4-18,21,28,33H,1-3H3/q+1. The SMILES string of the molecule is CN1C(=CC2C(=O)C(=C3C=[N+](c4ccccc4)c4ccccc43)C2O)C(C)(C)c2ccccc21. The molecule has 0 amide bonds. The van der Waals surface area contributed by atoms with E-state index in [9.17, 15) is 9.90 Å². The lowest BCUT2D eigenvalue weighted by molar-refractivity contribution is -0.127. The predicted octanol–water partition coefficient (Wildman–Crippen LogP) is 5.23. The molecule has 0 saturated heterocycles. The van der Waals surface area contributed by atoms with Gasteiger partial charge >= 0.3 is 0 Å². The number of hydrogen-bond donors (Lipinski definition) is 1. The second kappa shape index (κ2) is 7.37. The number of Topliss-reactive ketones (excluding diaryl/α,β-unsaturated/α-hetero) is 1. The molecule has 1 N–H and O–H groups in total. The van der Waals surface area contributed by atoms with Crippen molar-refractivity contribution in [3.8, 4) is 0 Å². The molecule has 2 atom stereocenters. The molecule has 4 heteroatoms. The Labute approximate surface area is 199 Å². The molecule has 0 aromatic heterocycles. The molecule has 168 valence electrons. The van der Waals surface area contributed by atoms with Gasteiger partial charge in [-0.15, -0.1) is 0 Å². The Morgan fingerprint density at radius 3 is 2.35 bits per heavy atom. The lowest BCUT2D eigenvalue weighted by Gasteiger charge is -2.35. The van der Waals surface area contributed by atoms with Crippen molar-refractivity contribution in [1.82, 2.24) is 4.58 Å². The zero-order valence-corrected chi connectivity index (χ0v) is 19.6. The number of hydrogen-bond acceptors (Lipinski definition) is 3. The van der Waals surface area contributed by atoms with Crippen molar-refractivity contribution in [2.45, 2.75) is 25.4 Å². The van der Waals surface area contributed by atoms with Crippen LogP contribution in [0.5, 0.6) is 0 Å². The highest BCUT2D eigenvalue weighted by atomic mass is 16.3. The number of rotatable bonds is 2. The third-order valence-corrected chi connectivity index (χ3v) is 7.52. The summed E-state index contributed by atoms with van der Waals surface area (Å²) in [6.07, 6.45) is 3.14. The van der Waals surface area contributed by atoms with Crippen molar-refractivity contribution in [3.05, 3.63) is 107 Å². The number of nitrogens with zero attached hydrogens (tertiary/aromatic N) is 2. The van der Waals surface area contributed by atoms with Gasteiger partial charge in [0.15, 0.2) is 12.0 Å². The number of likely N-dealkylation sites (N-methyl/N-ethyl adjacent to an activating group) is 1. The molecule has 4 nitrogen and oxygen atoms in total. The Bertz CT molecular complexity index is 1430. The summed E-state index contributed by atoms with van der Waals surface area (Å²) in [5.41, 5.74) is 7.54. The minimum Gasteiger partial charge on any atom is -0.387 e. The predicted molar refractivity (Wildman–Crippen MR) is 138 cm³/mol. The Morgan fingerprint density at radius 2 is 1.62 bits per heavy atom. The van der Waals surface area contributed by atoms with E-state index >= 15 is 0 Å². The second-order valence-electron chi connectivity index (χ2n) is 9.77. The third-order valence-electron chi connectivity index (χ3n) is 7.52. The maximum atomic E-state index is 13.5. The van der Waals surface area contributed by atoms with Crippen LogP contribution in [0.2, 0.25) is 0 Å². The Kier molecular flexibility index (Phi) is 4.51. The highest BCUT2D eigenvalue weighted by Gasteiger charge is 2.49. The molecule has 2 unspecified atom stereocenters. The molecule has 6 rings (SSSR count). The van der Waals surface area contributed by atoms with Crippen molar-refractivity contribution in [2.24, 2.45) is 5.92 Å². The summed E-state index contributed by atoms with van der Waals surface area (Å²) in [4.78, 5) is 15.6. The van der Waals surface area contributed by atoms with Gasteiger partial charge in [0, 0.05) is 47.6 Å². The van der Waals surface area contributed by atoms with E-state index in [-0.39, 0.29) is 11.2 Å². The van der Waals surface area contributed by atoms with E-state index in [1.807, 2.05) is 73.9 Å². The van der Waals surface area contributed by atoms with Crippen molar-refractivity contribution in [1.29, 1.82) is 0 Å². The van der Waals surface area contributed by atoms with Gasteiger partial charge in [-0.2, -0.15) is 4.58 Å². The molecule has 2 heterocycles. The van der Waals surface area contributed by atoms with Gasteiger partial charge in [0.05, 0.1) is 23.2 Å². The zero-order chi connectivity index (χ0) is 23.6. The van der Waals surface area contributed by atoms with E-state index < -0.39 is 12.0 Å². The van der Waals surface area contributed by atoms with Crippen molar-refractivity contribution in [2.75, 3.05) is 11.9 Å². The van der Waals surface area contributed by atoms with Crippen LogP contribution in [0.25, 0.3) is 5.57 Å². The lowest BCUT2D eigenvalue weighted by atomic mass is 9.70. The molecule has 1 aliphatic carbocycles. The van der Waals surface area contributed by atoms with Crippen molar-refractivity contribution in [3.63, 3.8) is 0 Å². The van der Waals surface area contributed by atoms with Gasteiger partial charge in [0.25, 0.3) is 0 Å². The molecule has 3 aromatic rings. The fourth-order valence-corrected chi connectivity index (χ4v) is 5.68. The van der Waals surface area contributed by atoms with E-state index in [1.54, 1.807) is 0 Å². The number of anilines is 1. The molecule has 1 fully saturated rings. The smallest absolute Gasteiger partial charge is 0.219 e. The molecule has 2 aliphatic heterocycles. The molecular formula is C30H27N2O2+. The fourth-order valence-electron chi connectivity index (χ4n) is 5.68. The van der Waals surface area contributed by atoms with Crippen LogP contribution in [0.3, 0.4) is 0 Å². The summed E-state index contributed by atoms with van der Waals surface area (Å²) in [6.45, 7) is 4.35. The van der Waals surface area contributed by atoms with Gasteiger partial charge in [0.1, 0.15) is 0 Å². The Balaban J connectivity index is 1.40. The lowest BCUT2D eigenvalue weighted by Crippen LogP contribution is -2.45. The maximum absolute atomic E-state index is 13.5. The number of carbonyl (C=O) groups excluding carboxylic acids is 1. The number of aliphatic hydroxyl groups is 1. The minimum atomic E-state index is -0.831. The highest BCUT2D eigenvalue weighted by molar-refractivity contribution is 6.28. The van der Waals surface area contributed by atoms with E-state index in [2.05, 4.69) is 47.6 Å². The number of allylic oxidation sites excluding steroid dienone is 2. The molecule has 3 aromatic carbocycles. The average molecular weight is 448 g/mol. The van der Waals surface area contributed by atoms with Gasteiger partial charge in [-0.3, -0.25) is 4.79 Å². The van der Waals surface area contributed by atoms with Crippen LogP contribution in [0.4, 0.5) is 17.1 Å². The summed E-state index contributed by atoms with van der Waals surface area (Å²) >= 11 is 0.